The van der Waals surface area contributed by atoms with E-state index in [9.17, 15) is 19.8 Å². The normalized spacial score (nSPS) is 14.0. The van der Waals surface area contributed by atoms with Crippen LogP contribution in [0.15, 0.2) is 97.2 Å². The Kier molecular flexibility index (Phi) is 47.2. The molecule has 0 saturated heterocycles. The first-order valence-electron chi connectivity index (χ1n) is 26.1. The fraction of sp³-hybridized carbons (Fsp3) is 0.684. The van der Waals surface area contributed by atoms with Gasteiger partial charge in [-0.1, -0.05) is 234 Å². The minimum absolute atomic E-state index is 0.0362. The van der Waals surface area contributed by atoms with Gasteiger partial charge in [-0.25, -0.2) is 0 Å². The van der Waals surface area contributed by atoms with Crippen LogP contribution in [0.25, 0.3) is 0 Å². The number of amides is 1. The molecule has 1 amide bonds. The lowest BCUT2D eigenvalue weighted by atomic mass is 10.0. The number of hydrogen-bond donors (Lipinski definition) is 3. The average molecular weight is 876 g/mol. The van der Waals surface area contributed by atoms with Crippen molar-refractivity contribution in [2.24, 2.45) is 0 Å². The molecule has 0 heterocycles. The molecule has 360 valence electrons. The summed E-state index contributed by atoms with van der Waals surface area (Å²) in [6.07, 6.45) is 66.0. The highest BCUT2D eigenvalue weighted by Crippen LogP contribution is 2.17. The summed E-state index contributed by atoms with van der Waals surface area (Å²) in [5.74, 6) is -0.546. The molecule has 3 N–H and O–H groups in total. The summed E-state index contributed by atoms with van der Waals surface area (Å²) < 4.78 is 5.91. The Hall–Kier alpha value is -3.22. The summed E-state index contributed by atoms with van der Waals surface area (Å²) in [5.41, 5.74) is 0. The maximum absolute atomic E-state index is 13.2. The van der Waals surface area contributed by atoms with Crippen LogP contribution in [0.5, 0.6) is 0 Å². The number of rotatable bonds is 45. The number of nitrogens with one attached hydrogen (secondary N) is 1. The van der Waals surface area contributed by atoms with Crippen LogP contribution in [0.3, 0.4) is 0 Å². The Balaban J connectivity index is 4.75. The molecule has 0 aliphatic heterocycles. The molecular formula is C57H97NO5. The fourth-order valence-electron chi connectivity index (χ4n) is 7.34. The molecule has 0 aromatic rings. The van der Waals surface area contributed by atoms with Crippen molar-refractivity contribution < 1.29 is 24.5 Å². The van der Waals surface area contributed by atoms with E-state index in [4.69, 9.17) is 4.74 Å². The average Bonchev–Trinajstić information content (AvgIpc) is 3.28. The van der Waals surface area contributed by atoms with Crippen LogP contribution in [0.1, 0.15) is 226 Å². The van der Waals surface area contributed by atoms with Crippen molar-refractivity contribution >= 4 is 11.9 Å². The molecular weight excluding hydrogens is 779 g/mol. The maximum atomic E-state index is 13.2. The number of hydrogen-bond acceptors (Lipinski definition) is 5. The number of carbonyl (C=O) groups excluding carboxylic acids is 2. The lowest BCUT2D eigenvalue weighted by Gasteiger charge is -2.24. The molecule has 0 aromatic heterocycles. The van der Waals surface area contributed by atoms with Crippen LogP contribution in [0.4, 0.5) is 0 Å². The Bertz CT molecular complexity index is 1260. The number of aliphatic hydroxyl groups is 2. The van der Waals surface area contributed by atoms with Crippen LogP contribution in [0, 0.1) is 0 Å². The van der Waals surface area contributed by atoms with Crippen molar-refractivity contribution in [2.45, 2.75) is 244 Å². The molecule has 63 heavy (non-hydrogen) atoms. The molecule has 0 rings (SSSR count). The molecule has 0 aliphatic carbocycles. The molecule has 0 saturated carbocycles. The van der Waals surface area contributed by atoms with E-state index in [0.29, 0.717) is 19.3 Å². The highest BCUT2D eigenvalue weighted by atomic mass is 16.5. The van der Waals surface area contributed by atoms with E-state index in [1.807, 2.05) is 6.08 Å². The topological polar surface area (TPSA) is 95.9 Å². The van der Waals surface area contributed by atoms with Gasteiger partial charge in [-0.2, -0.15) is 0 Å². The van der Waals surface area contributed by atoms with Crippen LogP contribution >= 0.6 is 0 Å². The monoisotopic (exact) mass is 876 g/mol. The van der Waals surface area contributed by atoms with E-state index >= 15 is 0 Å². The molecule has 0 bridgehead atoms. The number of aliphatic hydroxyl groups excluding tert-OH is 2. The Morgan fingerprint density at radius 1 is 0.460 bits per heavy atom. The third-order valence-corrected chi connectivity index (χ3v) is 11.3. The SMILES string of the molecule is CCCCC/C=C/C=C/C=C/C=C/CCCCCCCC(=O)OC(CCCCC/C=C/C=C/C=C/C=C/CCCCC)CC(=O)NC(CO)C(O)CCCCCCCCCCCC. The molecule has 0 radical (unpaired) electrons. The Labute approximate surface area is 388 Å². The van der Waals surface area contributed by atoms with E-state index < -0.39 is 18.2 Å². The van der Waals surface area contributed by atoms with E-state index in [1.54, 1.807) is 0 Å². The maximum Gasteiger partial charge on any atom is 0.306 e. The summed E-state index contributed by atoms with van der Waals surface area (Å²) in [7, 11) is 0. The number of carbonyl (C=O) groups is 2. The second kappa shape index (κ2) is 49.8. The highest BCUT2D eigenvalue weighted by molar-refractivity contribution is 5.77. The van der Waals surface area contributed by atoms with Crippen LogP contribution in [-0.4, -0.2) is 46.9 Å². The summed E-state index contributed by atoms with van der Waals surface area (Å²) in [6.45, 7) is 6.37. The molecule has 3 unspecified atom stereocenters. The van der Waals surface area contributed by atoms with Crippen molar-refractivity contribution in [3.63, 3.8) is 0 Å². The summed E-state index contributed by atoms with van der Waals surface area (Å²) in [4.78, 5) is 26.1. The van der Waals surface area contributed by atoms with E-state index in [2.05, 4.69) is 117 Å². The Morgan fingerprint density at radius 2 is 0.810 bits per heavy atom. The second-order valence-electron chi connectivity index (χ2n) is 17.4. The Morgan fingerprint density at radius 3 is 1.27 bits per heavy atom. The predicted molar refractivity (Wildman–Crippen MR) is 273 cm³/mol. The third-order valence-electron chi connectivity index (χ3n) is 11.3. The molecule has 0 fully saturated rings. The lowest BCUT2D eigenvalue weighted by Crippen LogP contribution is -2.46. The van der Waals surface area contributed by atoms with Crippen molar-refractivity contribution in [1.29, 1.82) is 0 Å². The van der Waals surface area contributed by atoms with E-state index in [1.165, 1.54) is 83.5 Å². The largest absolute Gasteiger partial charge is 0.462 e. The fourth-order valence-corrected chi connectivity index (χ4v) is 7.34. The molecule has 6 heteroatoms. The first kappa shape index (κ1) is 59.8. The first-order valence-corrected chi connectivity index (χ1v) is 26.1. The van der Waals surface area contributed by atoms with Gasteiger partial charge in [0, 0.05) is 6.42 Å². The summed E-state index contributed by atoms with van der Waals surface area (Å²) >= 11 is 0. The van der Waals surface area contributed by atoms with Crippen LogP contribution < -0.4 is 5.32 Å². The number of esters is 1. The smallest absolute Gasteiger partial charge is 0.306 e. The van der Waals surface area contributed by atoms with Gasteiger partial charge in [0.15, 0.2) is 0 Å². The van der Waals surface area contributed by atoms with Crippen molar-refractivity contribution in [1.82, 2.24) is 5.32 Å². The second-order valence-corrected chi connectivity index (χ2v) is 17.4. The zero-order valence-electron chi connectivity index (χ0n) is 40.9. The van der Waals surface area contributed by atoms with E-state index in [0.717, 1.165) is 96.3 Å². The molecule has 0 aromatic carbocycles. The zero-order valence-corrected chi connectivity index (χ0v) is 40.9. The molecule has 3 atom stereocenters. The third kappa shape index (κ3) is 45.2. The minimum Gasteiger partial charge on any atom is -0.462 e. The summed E-state index contributed by atoms with van der Waals surface area (Å²) in [6, 6.07) is -0.725. The zero-order chi connectivity index (χ0) is 45.9. The van der Waals surface area contributed by atoms with Gasteiger partial charge >= 0.3 is 5.97 Å². The summed E-state index contributed by atoms with van der Waals surface area (Å²) in [5, 5.41) is 23.7. The molecule has 6 nitrogen and oxygen atoms in total. The van der Waals surface area contributed by atoms with Crippen molar-refractivity contribution in [2.75, 3.05) is 6.61 Å². The standard InChI is InChI=1S/C57H97NO5/c1-4-7-10-13-16-19-22-24-26-28-29-31-33-35-38-41-44-47-50-57(62)63-53(48-45-42-39-36-34-32-30-27-25-23-20-17-14-11-8-5-2)51-56(61)58-54(52-59)55(60)49-46-43-40-37-21-18-15-12-9-6-3/h16-17,19-20,22-32,34,53-55,59-60H,4-15,18,21,33,35-52H2,1-3H3,(H,58,61)/b19-16+,20-17+,24-22+,25-23+,28-26+,30-27+,31-29+,34-32+. The number of ether oxygens (including phenoxy) is 1. The van der Waals surface area contributed by atoms with Gasteiger partial charge in [0.05, 0.1) is 25.2 Å². The highest BCUT2D eigenvalue weighted by Gasteiger charge is 2.24. The quantitative estimate of drug-likeness (QED) is 0.0322. The molecule has 0 spiro atoms. The van der Waals surface area contributed by atoms with Crippen LogP contribution in [0.2, 0.25) is 0 Å². The first-order chi connectivity index (χ1) is 31.0. The van der Waals surface area contributed by atoms with E-state index in [-0.39, 0.29) is 24.9 Å². The number of allylic oxidation sites excluding steroid dienone is 16. The van der Waals surface area contributed by atoms with Gasteiger partial charge in [0.25, 0.3) is 0 Å². The minimum atomic E-state index is -0.808. The van der Waals surface area contributed by atoms with Gasteiger partial charge in [-0.3, -0.25) is 9.59 Å². The lowest BCUT2D eigenvalue weighted by molar-refractivity contribution is -0.151. The van der Waals surface area contributed by atoms with Gasteiger partial charge in [0.2, 0.25) is 5.91 Å². The van der Waals surface area contributed by atoms with Gasteiger partial charge in [0.1, 0.15) is 6.10 Å². The number of unbranched alkanes of at least 4 members (excludes halogenated alkanes) is 23. The van der Waals surface area contributed by atoms with Gasteiger partial charge in [-0.05, 0) is 77.0 Å². The molecule has 0 aliphatic rings. The van der Waals surface area contributed by atoms with Crippen molar-refractivity contribution in [3.05, 3.63) is 97.2 Å². The predicted octanol–water partition coefficient (Wildman–Crippen LogP) is 15.7. The van der Waals surface area contributed by atoms with Gasteiger partial charge in [-0.15, -0.1) is 0 Å². The van der Waals surface area contributed by atoms with Crippen LogP contribution in [-0.2, 0) is 14.3 Å². The van der Waals surface area contributed by atoms with Crippen molar-refractivity contribution in [3.8, 4) is 0 Å². The van der Waals surface area contributed by atoms with Gasteiger partial charge < -0.3 is 20.3 Å².